The molecule has 0 aliphatic carbocycles. The maximum absolute atomic E-state index is 11.8. The minimum atomic E-state index is -1.11. The number of nitrogens with one attached hydrogen (secondary N) is 2. The molecule has 0 spiro atoms. The first-order valence-corrected chi connectivity index (χ1v) is 7.17. The topological polar surface area (TPSA) is 91.3 Å². The van der Waals surface area contributed by atoms with E-state index in [4.69, 9.17) is 0 Å². The van der Waals surface area contributed by atoms with Gasteiger partial charge in [0, 0.05) is 5.38 Å². The van der Waals surface area contributed by atoms with Gasteiger partial charge < -0.3 is 15.7 Å². The van der Waals surface area contributed by atoms with Crippen LogP contribution in [0.3, 0.4) is 0 Å². The smallest absolute Gasteiger partial charge is 0.330 e. The highest BCUT2D eigenvalue weighted by Crippen LogP contribution is 2.12. The number of hydrogen-bond acceptors (Lipinski definition) is 4. The number of carboxylic acid groups (broad SMARTS) is 1. The van der Waals surface area contributed by atoms with Crippen molar-refractivity contribution in [3.8, 4) is 0 Å². The Morgan fingerprint density at radius 2 is 2.05 bits per heavy atom. The number of aryl methyl sites for hydroxylation is 1. The van der Waals surface area contributed by atoms with Crippen LogP contribution in [0.2, 0.25) is 0 Å². The Bertz CT molecular complexity index is 627. The first kappa shape index (κ1) is 15.0. The molecule has 1 aromatic heterocycles. The number of carbonyl (C=O) groups is 2. The number of nitrogens with zero attached hydrogens (tertiary/aromatic N) is 1. The molecular weight excluding hydrogens is 290 g/mol. The Labute approximate surface area is 125 Å². The first-order valence-electron chi connectivity index (χ1n) is 6.29. The molecule has 0 radical (unpaired) electrons. The van der Waals surface area contributed by atoms with E-state index in [2.05, 4.69) is 15.6 Å². The highest BCUT2D eigenvalue weighted by Gasteiger charge is 2.21. The van der Waals surface area contributed by atoms with Crippen molar-refractivity contribution >= 4 is 23.3 Å². The van der Waals surface area contributed by atoms with Gasteiger partial charge in [0.15, 0.2) is 6.04 Å². The van der Waals surface area contributed by atoms with Crippen molar-refractivity contribution in [2.45, 2.75) is 19.5 Å². The molecule has 0 aliphatic rings. The van der Waals surface area contributed by atoms with Gasteiger partial charge >= 0.3 is 12.0 Å². The summed E-state index contributed by atoms with van der Waals surface area (Å²) in [6, 6.07) is 6.92. The second kappa shape index (κ2) is 6.85. The largest absolute Gasteiger partial charge is 0.479 e. The third-order valence-electron chi connectivity index (χ3n) is 2.75. The number of thiazole rings is 1. The molecule has 0 saturated heterocycles. The summed E-state index contributed by atoms with van der Waals surface area (Å²) in [5.41, 5.74) is 1.27. The summed E-state index contributed by atoms with van der Waals surface area (Å²) in [6.45, 7) is 2.14. The van der Waals surface area contributed by atoms with Crippen LogP contribution in [0.15, 0.2) is 35.7 Å². The molecule has 1 aromatic carbocycles. The van der Waals surface area contributed by atoms with Gasteiger partial charge in [-0.15, -0.1) is 11.3 Å². The van der Waals surface area contributed by atoms with E-state index in [1.54, 1.807) is 30.3 Å². The van der Waals surface area contributed by atoms with Crippen LogP contribution >= 0.6 is 11.3 Å². The summed E-state index contributed by atoms with van der Waals surface area (Å²) in [7, 11) is 0. The summed E-state index contributed by atoms with van der Waals surface area (Å²) >= 11 is 1.49. The number of aromatic nitrogens is 1. The summed E-state index contributed by atoms with van der Waals surface area (Å²) in [5, 5.41) is 17.0. The fourth-order valence-corrected chi connectivity index (χ4v) is 2.39. The molecule has 6 nitrogen and oxygen atoms in total. The molecular formula is C14H15N3O3S. The second-order valence-corrected chi connectivity index (χ2v) is 5.43. The van der Waals surface area contributed by atoms with Gasteiger partial charge in [0.25, 0.3) is 0 Å². The van der Waals surface area contributed by atoms with Crippen LogP contribution in [-0.4, -0.2) is 22.1 Å². The molecule has 7 heteroatoms. The fraction of sp³-hybridized carbons (Fsp3) is 0.214. The molecule has 0 saturated carbocycles. The number of amides is 2. The molecule has 2 rings (SSSR count). The minimum Gasteiger partial charge on any atom is -0.479 e. The maximum atomic E-state index is 11.8. The van der Waals surface area contributed by atoms with Gasteiger partial charge in [0.1, 0.15) is 0 Å². The van der Waals surface area contributed by atoms with Crippen LogP contribution in [0.4, 0.5) is 4.79 Å². The molecule has 2 aromatic rings. The van der Waals surface area contributed by atoms with E-state index in [0.717, 1.165) is 10.7 Å². The lowest BCUT2D eigenvalue weighted by Gasteiger charge is -2.15. The highest BCUT2D eigenvalue weighted by atomic mass is 32.1. The number of hydrogen-bond donors (Lipinski definition) is 3. The zero-order valence-corrected chi connectivity index (χ0v) is 12.2. The van der Waals surface area contributed by atoms with Gasteiger partial charge in [0.05, 0.1) is 17.2 Å². The highest BCUT2D eigenvalue weighted by molar-refractivity contribution is 7.09. The van der Waals surface area contributed by atoms with Gasteiger partial charge in [-0.3, -0.25) is 0 Å². The average Bonchev–Trinajstić information content (AvgIpc) is 2.89. The van der Waals surface area contributed by atoms with Crippen LogP contribution in [0, 0.1) is 6.92 Å². The van der Waals surface area contributed by atoms with Crippen molar-refractivity contribution in [2.24, 2.45) is 0 Å². The third kappa shape index (κ3) is 4.28. The molecule has 3 N–H and O–H groups in total. The predicted molar refractivity (Wildman–Crippen MR) is 79.0 cm³/mol. The van der Waals surface area contributed by atoms with E-state index in [0.29, 0.717) is 5.56 Å². The number of carbonyl (C=O) groups excluding carboxylic acids is 1. The number of benzene rings is 1. The summed E-state index contributed by atoms with van der Waals surface area (Å²) < 4.78 is 0. The summed E-state index contributed by atoms with van der Waals surface area (Å²) in [4.78, 5) is 27.3. The fourth-order valence-electron chi connectivity index (χ4n) is 1.78. The van der Waals surface area contributed by atoms with Crippen LogP contribution in [-0.2, 0) is 11.3 Å². The van der Waals surface area contributed by atoms with Gasteiger partial charge in [0.2, 0.25) is 0 Å². The molecule has 21 heavy (non-hydrogen) atoms. The van der Waals surface area contributed by atoms with Crippen molar-refractivity contribution in [1.29, 1.82) is 0 Å². The van der Waals surface area contributed by atoms with Crippen LogP contribution in [0.1, 0.15) is 22.3 Å². The lowest BCUT2D eigenvalue weighted by atomic mass is 10.1. The molecule has 0 aliphatic heterocycles. The summed E-state index contributed by atoms with van der Waals surface area (Å²) in [5.74, 6) is -1.11. The predicted octanol–water partition coefficient (Wildman–Crippen LogP) is 2.08. The number of aliphatic carboxylic acids is 1. The van der Waals surface area contributed by atoms with Gasteiger partial charge in [-0.2, -0.15) is 0 Å². The lowest BCUT2D eigenvalue weighted by Crippen LogP contribution is -2.40. The van der Waals surface area contributed by atoms with E-state index < -0.39 is 18.0 Å². The number of carboxylic acids is 1. The minimum absolute atomic E-state index is 0.261. The Kier molecular flexibility index (Phi) is 4.89. The Morgan fingerprint density at radius 1 is 1.33 bits per heavy atom. The Balaban J connectivity index is 1.94. The molecule has 0 fully saturated rings. The van der Waals surface area contributed by atoms with Crippen molar-refractivity contribution in [3.63, 3.8) is 0 Å². The van der Waals surface area contributed by atoms with Crippen molar-refractivity contribution in [1.82, 2.24) is 15.6 Å². The zero-order chi connectivity index (χ0) is 15.2. The summed E-state index contributed by atoms with van der Waals surface area (Å²) in [6.07, 6.45) is 0. The standard InChI is InChI=1S/C14H15N3O3S/c1-9-16-11(8-21-9)7-15-14(20)17-12(13(18)19)10-5-3-2-4-6-10/h2-6,8,12H,7H2,1H3,(H,18,19)(H2,15,17,20)/t12-/m1/s1. The van der Waals surface area contributed by atoms with E-state index in [9.17, 15) is 14.7 Å². The average molecular weight is 305 g/mol. The monoisotopic (exact) mass is 305 g/mol. The number of rotatable bonds is 5. The van der Waals surface area contributed by atoms with Gasteiger partial charge in [-0.25, -0.2) is 14.6 Å². The van der Waals surface area contributed by atoms with Crippen LogP contribution < -0.4 is 10.6 Å². The Hall–Kier alpha value is -2.41. The SMILES string of the molecule is Cc1nc(CNC(=O)N[C@@H](C(=O)O)c2ccccc2)cs1. The number of urea groups is 1. The van der Waals surface area contributed by atoms with E-state index in [1.165, 1.54) is 11.3 Å². The van der Waals surface area contributed by atoms with Crippen LogP contribution in [0.25, 0.3) is 0 Å². The van der Waals surface area contributed by atoms with E-state index >= 15 is 0 Å². The molecule has 110 valence electrons. The third-order valence-corrected chi connectivity index (χ3v) is 3.57. The normalized spacial score (nSPS) is 11.7. The lowest BCUT2D eigenvalue weighted by molar-refractivity contribution is -0.139. The van der Waals surface area contributed by atoms with Crippen molar-refractivity contribution in [3.05, 3.63) is 52.0 Å². The first-order chi connectivity index (χ1) is 10.1. The van der Waals surface area contributed by atoms with E-state index in [1.807, 2.05) is 12.3 Å². The van der Waals surface area contributed by atoms with Crippen molar-refractivity contribution in [2.75, 3.05) is 0 Å². The van der Waals surface area contributed by atoms with Gasteiger partial charge in [-0.1, -0.05) is 30.3 Å². The van der Waals surface area contributed by atoms with Gasteiger partial charge in [-0.05, 0) is 12.5 Å². The van der Waals surface area contributed by atoms with E-state index in [-0.39, 0.29) is 6.54 Å². The Morgan fingerprint density at radius 3 is 2.62 bits per heavy atom. The second-order valence-electron chi connectivity index (χ2n) is 4.37. The molecule has 0 bridgehead atoms. The molecule has 1 heterocycles. The van der Waals surface area contributed by atoms with Crippen molar-refractivity contribution < 1.29 is 14.7 Å². The van der Waals surface area contributed by atoms with Crippen LogP contribution in [0.5, 0.6) is 0 Å². The quantitative estimate of drug-likeness (QED) is 0.788. The zero-order valence-electron chi connectivity index (χ0n) is 11.4. The maximum Gasteiger partial charge on any atom is 0.330 e. The molecule has 1 atom stereocenters. The molecule has 2 amide bonds. The molecule has 0 unspecified atom stereocenters.